The van der Waals surface area contributed by atoms with Crippen LogP contribution in [0, 0.1) is 5.92 Å². The zero-order valence-corrected chi connectivity index (χ0v) is 14.4. The van der Waals surface area contributed by atoms with Gasteiger partial charge in [0.1, 0.15) is 5.82 Å². The van der Waals surface area contributed by atoms with Gasteiger partial charge in [-0.1, -0.05) is 0 Å². The lowest BCUT2D eigenvalue weighted by atomic mass is 9.85. The van der Waals surface area contributed by atoms with Crippen LogP contribution in [0.2, 0.25) is 0 Å². The molecule has 0 spiro atoms. The molecule has 0 radical (unpaired) electrons. The fourth-order valence-corrected chi connectivity index (χ4v) is 2.90. The molecule has 0 saturated heterocycles. The third kappa shape index (κ3) is 4.56. The van der Waals surface area contributed by atoms with Crippen LogP contribution in [-0.4, -0.2) is 40.9 Å². The topological polar surface area (TPSA) is 122 Å². The van der Waals surface area contributed by atoms with E-state index in [0.717, 1.165) is 25.7 Å². The van der Waals surface area contributed by atoms with Gasteiger partial charge in [0.15, 0.2) is 0 Å². The van der Waals surface area contributed by atoms with Crippen LogP contribution in [0.1, 0.15) is 49.9 Å². The van der Waals surface area contributed by atoms with Crippen molar-refractivity contribution in [1.82, 2.24) is 15.3 Å². The van der Waals surface area contributed by atoms with Crippen molar-refractivity contribution in [3.8, 4) is 0 Å². The standard InChI is InChI=1S/C16H26N6O2/c1-9(2)20-14-12(13(17)23)8-19-16(22-14)21-11-6-4-10(5-7-11)15(24)18-3/h8-11H,4-7H2,1-3H3,(H2,17,23)(H,18,24)(H2,19,20,21,22). The van der Waals surface area contributed by atoms with Gasteiger partial charge in [0.2, 0.25) is 11.9 Å². The summed E-state index contributed by atoms with van der Waals surface area (Å²) in [6.07, 6.45) is 4.89. The molecule has 24 heavy (non-hydrogen) atoms. The molecule has 0 unspecified atom stereocenters. The van der Waals surface area contributed by atoms with Crippen LogP contribution < -0.4 is 21.7 Å². The Balaban J connectivity index is 2.03. The highest BCUT2D eigenvalue weighted by Crippen LogP contribution is 2.26. The van der Waals surface area contributed by atoms with E-state index in [2.05, 4.69) is 25.9 Å². The predicted molar refractivity (Wildman–Crippen MR) is 92.7 cm³/mol. The SMILES string of the molecule is CNC(=O)C1CCC(Nc2ncc(C(N)=O)c(NC(C)C)n2)CC1. The van der Waals surface area contributed by atoms with Crippen molar-refractivity contribution in [3.63, 3.8) is 0 Å². The molecule has 1 fully saturated rings. The molecule has 0 atom stereocenters. The number of aromatic nitrogens is 2. The van der Waals surface area contributed by atoms with Gasteiger partial charge in [-0.2, -0.15) is 4.98 Å². The summed E-state index contributed by atoms with van der Waals surface area (Å²) in [5, 5.41) is 9.11. The molecule has 0 aromatic carbocycles. The van der Waals surface area contributed by atoms with E-state index < -0.39 is 5.91 Å². The van der Waals surface area contributed by atoms with Crippen molar-refractivity contribution < 1.29 is 9.59 Å². The van der Waals surface area contributed by atoms with Gasteiger partial charge < -0.3 is 21.7 Å². The number of nitrogens with zero attached hydrogens (tertiary/aromatic N) is 2. The predicted octanol–water partition coefficient (Wildman–Crippen LogP) is 1.11. The average Bonchev–Trinajstić information content (AvgIpc) is 2.54. The molecule has 2 rings (SSSR count). The highest BCUT2D eigenvalue weighted by atomic mass is 16.2. The summed E-state index contributed by atoms with van der Waals surface area (Å²) in [6, 6.07) is 0.339. The van der Waals surface area contributed by atoms with Crippen molar-refractivity contribution in [1.29, 1.82) is 0 Å². The third-order valence-electron chi connectivity index (χ3n) is 4.16. The Hall–Kier alpha value is -2.38. The lowest BCUT2D eigenvalue weighted by molar-refractivity contribution is -0.125. The van der Waals surface area contributed by atoms with E-state index in [1.165, 1.54) is 6.20 Å². The van der Waals surface area contributed by atoms with Crippen LogP contribution in [0.15, 0.2) is 6.20 Å². The molecule has 0 aliphatic heterocycles. The fourth-order valence-electron chi connectivity index (χ4n) is 2.90. The molecule has 0 bridgehead atoms. The van der Waals surface area contributed by atoms with Gasteiger partial charge >= 0.3 is 0 Å². The summed E-state index contributed by atoms with van der Waals surface area (Å²) >= 11 is 0. The Morgan fingerprint density at radius 1 is 1.25 bits per heavy atom. The Kier molecular flexibility index (Phi) is 5.94. The molecule has 5 N–H and O–H groups in total. The van der Waals surface area contributed by atoms with E-state index >= 15 is 0 Å². The first kappa shape index (κ1) is 18.0. The first-order valence-corrected chi connectivity index (χ1v) is 8.32. The lowest BCUT2D eigenvalue weighted by Crippen LogP contribution is -2.34. The Labute approximate surface area is 142 Å². The van der Waals surface area contributed by atoms with Crippen molar-refractivity contribution in [2.24, 2.45) is 11.7 Å². The van der Waals surface area contributed by atoms with Crippen LogP contribution in [0.25, 0.3) is 0 Å². The molecule has 8 nitrogen and oxygen atoms in total. The molecule has 1 aliphatic carbocycles. The second kappa shape index (κ2) is 7.94. The zero-order chi connectivity index (χ0) is 17.7. The molecule has 1 aliphatic rings. The van der Waals surface area contributed by atoms with Gasteiger partial charge in [-0.3, -0.25) is 9.59 Å². The van der Waals surface area contributed by atoms with Gasteiger partial charge in [-0.25, -0.2) is 4.98 Å². The molecular formula is C16H26N6O2. The second-order valence-electron chi connectivity index (χ2n) is 6.43. The van der Waals surface area contributed by atoms with E-state index in [-0.39, 0.29) is 29.5 Å². The summed E-state index contributed by atoms with van der Waals surface area (Å²) in [5.41, 5.74) is 5.64. The molecular weight excluding hydrogens is 308 g/mol. The maximum atomic E-state index is 11.7. The molecule has 2 amide bonds. The molecule has 1 saturated carbocycles. The largest absolute Gasteiger partial charge is 0.367 e. The highest BCUT2D eigenvalue weighted by molar-refractivity contribution is 5.97. The number of carbonyl (C=O) groups excluding carboxylic acids is 2. The van der Waals surface area contributed by atoms with Crippen LogP contribution in [-0.2, 0) is 4.79 Å². The number of carbonyl (C=O) groups is 2. The number of hydrogen-bond donors (Lipinski definition) is 4. The maximum Gasteiger partial charge on any atom is 0.254 e. The van der Waals surface area contributed by atoms with Gasteiger partial charge in [0.25, 0.3) is 5.91 Å². The minimum Gasteiger partial charge on any atom is -0.367 e. The van der Waals surface area contributed by atoms with Crippen molar-refractivity contribution >= 4 is 23.6 Å². The smallest absolute Gasteiger partial charge is 0.254 e. The van der Waals surface area contributed by atoms with Crippen LogP contribution in [0.4, 0.5) is 11.8 Å². The normalized spacial score (nSPS) is 20.5. The van der Waals surface area contributed by atoms with Crippen molar-refractivity contribution in [3.05, 3.63) is 11.8 Å². The number of amides is 2. The number of anilines is 2. The third-order valence-corrected chi connectivity index (χ3v) is 4.16. The molecule has 1 aromatic heterocycles. The van der Waals surface area contributed by atoms with E-state index in [4.69, 9.17) is 5.73 Å². The van der Waals surface area contributed by atoms with E-state index in [0.29, 0.717) is 11.8 Å². The summed E-state index contributed by atoms with van der Waals surface area (Å²) in [5.74, 6) is 0.541. The monoisotopic (exact) mass is 334 g/mol. The van der Waals surface area contributed by atoms with Crippen molar-refractivity contribution in [2.45, 2.75) is 51.6 Å². The first-order chi connectivity index (χ1) is 11.4. The van der Waals surface area contributed by atoms with E-state index in [1.54, 1.807) is 7.05 Å². The zero-order valence-electron chi connectivity index (χ0n) is 14.4. The van der Waals surface area contributed by atoms with Crippen molar-refractivity contribution in [2.75, 3.05) is 17.7 Å². The second-order valence-corrected chi connectivity index (χ2v) is 6.43. The number of nitrogens with one attached hydrogen (secondary N) is 3. The molecule has 8 heteroatoms. The van der Waals surface area contributed by atoms with E-state index in [9.17, 15) is 9.59 Å². The minimum atomic E-state index is -0.559. The van der Waals surface area contributed by atoms with Gasteiger partial charge in [0.05, 0.1) is 5.56 Å². The highest BCUT2D eigenvalue weighted by Gasteiger charge is 2.26. The maximum absolute atomic E-state index is 11.7. The van der Waals surface area contributed by atoms with Gasteiger partial charge in [-0.05, 0) is 39.5 Å². The first-order valence-electron chi connectivity index (χ1n) is 8.32. The molecule has 1 aromatic rings. The number of rotatable bonds is 6. The van der Waals surface area contributed by atoms with Crippen LogP contribution in [0.5, 0.6) is 0 Å². The number of hydrogen-bond acceptors (Lipinski definition) is 6. The number of nitrogens with two attached hydrogens (primary N) is 1. The van der Waals surface area contributed by atoms with Gasteiger partial charge in [0, 0.05) is 31.2 Å². The summed E-state index contributed by atoms with van der Waals surface area (Å²) in [4.78, 5) is 31.7. The molecule has 132 valence electrons. The fraction of sp³-hybridized carbons (Fsp3) is 0.625. The van der Waals surface area contributed by atoms with E-state index in [1.807, 2.05) is 13.8 Å². The number of primary amides is 1. The van der Waals surface area contributed by atoms with Crippen LogP contribution >= 0.6 is 0 Å². The lowest BCUT2D eigenvalue weighted by Gasteiger charge is -2.28. The summed E-state index contributed by atoms with van der Waals surface area (Å²) in [6.45, 7) is 3.92. The summed E-state index contributed by atoms with van der Waals surface area (Å²) < 4.78 is 0. The molecule has 1 heterocycles. The van der Waals surface area contributed by atoms with Crippen LogP contribution in [0.3, 0.4) is 0 Å². The van der Waals surface area contributed by atoms with Gasteiger partial charge in [-0.15, -0.1) is 0 Å². The Bertz CT molecular complexity index is 596. The minimum absolute atomic E-state index is 0.0874. The summed E-state index contributed by atoms with van der Waals surface area (Å²) in [7, 11) is 1.67. The quantitative estimate of drug-likeness (QED) is 0.618. The Morgan fingerprint density at radius 2 is 1.92 bits per heavy atom. The average molecular weight is 334 g/mol. The Morgan fingerprint density at radius 3 is 2.46 bits per heavy atom.